The molecule has 9 nitrogen and oxygen atoms in total. The van der Waals surface area contributed by atoms with E-state index in [9.17, 15) is 32.3 Å². The van der Waals surface area contributed by atoms with Crippen LogP contribution >= 0.6 is 11.3 Å². The molecule has 3 rings (SSSR count). The van der Waals surface area contributed by atoms with Crippen LogP contribution in [0.1, 0.15) is 47.8 Å². The number of thiophene rings is 1. The summed E-state index contributed by atoms with van der Waals surface area (Å²) < 4.78 is 45.9. The van der Waals surface area contributed by atoms with E-state index in [0.29, 0.717) is 31.5 Å². The minimum absolute atomic E-state index is 0.0227. The van der Waals surface area contributed by atoms with Crippen LogP contribution in [-0.4, -0.2) is 63.5 Å². The Labute approximate surface area is 202 Å². The molecule has 0 radical (unpaired) electrons. The smallest absolute Gasteiger partial charge is 0.390 e. The molecule has 3 heterocycles. The molecular formula is C22H28F3N3O6S. The average molecular weight is 520 g/mol. The molecule has 1 amide bonds. The first-order chi connectivity index (χ1) is 16.3. The van der Waals surface area contributed by atoms with Crippen LogP contribution in [0.4, 0.5) is 13.2 Å². The summed E-state index contributed by atoms with van der Waals surface area (Å²) in [4.78, 5) is 52.3. The summed E-state index contributed by atoms with van der Waals surface area (Å²) in [5.74, 6) is -1.32. The van der Waals surface area contributed by atoms with E-state index in [1.54, 1.807) is 18.7 Å². The van der Waals surface area contributed by atoms with Crippen LogP contribution in [0.25, 0.3) is 10.2 Å². The second kappa shape index (κ2) is 10.5. The molecule has 1 saturated heterocycles. The van der Waals surface area contributed by atoms with Crippen LogP contribution in [0, 0.1) is 12.8 Å². The number of aromatic nitrogens is 2. The van der Waals surface area contributed by atoms with E-state index in [0.717, 1.165) is 20.5 Å². The zero-order valence-electron chi connectivity index (χ0n) is 19.7. The molecular weight excluding hydrogens is 491 g/mol. The zero-order valence-corrected chi connectivity index (χ0v) is 20.5. The number of halogens is 3. The normalized spacial score (nSPS) is 16.1. The van der Waals surface area contributed by atoms with Crippen molar-refractivity contribution < 1.29 is 32.6 Å². The summed E-state index contributed by atoms with van der Waals surface area (Å²) in [6.45, 7) is 3.01. The van der Waals surface area contributed by atoms with Crippen molar-refractivity contribution in [1.82, 2.24) is 14.0 Å². The standard InChI is InChI=1S/C22H28F3N3O6S/c1-12(34-3)11-28-18(31)16-13(2)17(19(32)26-7-4-14(5-8-26)10-15(29)30)35-20(16)27(21(28)33)9-6-22(23,24)25/h12,14H,4-11H2,1-3H3,(H,29,30). The van der Waals surface area contributed by atoms with Gasteiger partial charge in [0.1, 0.15) is 4.83 Å². The topological polar surface area (TPSA) is 111 Å². The number of amides is 1. The summed E-state index contributed by atoms with van der Waals surface area (Å²) in [5, 5.41) is 9.03. The molecule has 1 atom stereocenters. The van der Waals surface area contributed by atoms with Gasteiger partial charge in [0.25, 0.3) is 11.5 Å². The van der Waals surface area contributed by atoms with Gasteiger partial charge in [0.2, 0.25) is 0 Å². The van der Waals surface area contributed by atoms with E-state index in [4.69, 9.17) is 9.84 Å². The number of nitrogens with zero attached hydrogens (tertiary/aromatic N) is 3. The quantitative estimate of drug-likeness (QED) is 0.574. The number of piperidine rings is 1. The van der Waals surface area contributed by atoms with E-state index >= 15 is 0 Å². The number of carboxylic acids is 1. The summed E-state index contributed by atoms with van der Waals surface area (Å²) in [6.07, 6.45) is -5.27. The number of carboxylic acid groups (broad SMARTS) is 1. The number of hydrogen-bond acceptors (Lipinski definition) is 6. The van der Waals surface area contributed by atoms with E-state index in [1.807, 2.05) is 0 Å². The van der Waals surface area contributed by atoms with Gasteiger partial charge < -0.3 is 14.7 Å². The lowest BCUT2D eigenvalue weighted by atomic mass is 9.93. The van der Waals surface area contributed by atoms with Gasteiger partial charge in [-0.05, 0) is 38.2 Å². The van der Waals surface area contributed by atoms with Crippen molar-refractivity contribution in [3.05, 3.63) is 31.3 Å². The van der Waals surface area contributed by atoms with E-state index in [-0.39, 0.29) is 39.9 Å². The lowest BCUT2D eigenvalue weighted by molar-refractivity contribution is -0.138. The van der Waals surface area contributed by atoms with Crippen molar-refractivity contribution in [3.63, 3.8) is 0 Å². The third kappa shape index (κ3) is 5.95. The van der Waals surface area contributed by atoms with Gasteiger partial charge >= 0.3 is 17.8 Å². The largest absolute Gasteiger partial charge is 0.481 e. The first kappa shape index (κ1) is 26.9. The van der Waals surface area contributed by atoms with Crippen molar-refractivity contribution >= 4 is 33.4 Å². The third-order valence-corrected chi connectivity index (χ3v) is 7.62. The van der Waals surface area contributed by atoms with Crippen LogP contribution in [0.2, 0.25) is 0 Å². The fraction of sp³-hybridized carbons (Fsp3) is 0.636. The number of alkyl halides is 3. The summed E-state index contributed by atoms with van der Waals surface area (Å²) in [5.41, 5.74) is -1.25. The number of ether oxygens (including phenoxy) is 1. The first-order valence-electron chi connectivity index (χ1n) is 11.2. The highest BCUT2D eigenvalue weighted by Gasteiger charge is 2.31. The number of hydrogen-bond donors (Lipinski definition) is 1. The molecule has 1 aliphatic rings. The van der Waals surface area contributed by atoms with Gasteiger partial charge in [0.15, 0.2) is 0 Å². The maximum absolute atomic E-state index is 13.3. The van der Waals surface area contributed by atoms with Crippen LogP contribution < -0.4 is 11.2 Å². The lowest BCUT2D eigenvalue weighted by Gasteiger charge is -2.31. The molecule has 2 aromatic heterocycles. The van der Waals surface area contributed by atoms with Gasteiger partial charge in [0.05, 0.1) is 29.3 Å². The SMILES string of the molecule is COC(C)Cn1c(=O)c2c(C)c(C(=O)N3CCC(CC(=O)O)CC3)sc2n(CCC(F)(F)F)c1=O. The van der Waals surface area contributed by atoms with Crippen LogP contribution in [-0.2, 0) is 22.6 Å². The zero-order chi connectivity index (χ0) is 26.1. The second-order valence-corrected chi connectivity index (χ2v) is 9.83. The van der Waals surface area contributed by atoms with Crippen LogP contribution in [0.3, 0.4) is 0 Å². The van der Waals surface area contributed by atoms with E-state index < -0.39 is 42.5 Å². The molecule has 1 unspecified atom stereocenters. The number of carbonyl (C=O) groups excluding carboxylic acids is 1. The minimum atomic E-state index is -4.52. The summed E-state index contributed by atoms with van der Waals surface area (Å²) in [6, 6.07) is 0. The molecule has 194 valence electrons. The lowest BCUT2D eigenvalue weighted by Crippen LogP contribution is -2.42. The van der Waals surface area contributed by atoms with Gasteiger partial charge in [0, 0.05) is 33.2 Å². The number of aliphatic carboxylic acids is 1. The van der Waals surface area contributed by atoms with Crippen molar-refractivity contribution in [1.29, 1.82) is 0 Å². The molecule has 0 aromatic carbocycles. The molecule has 1 aliphatic heterocycles. The number of aryl methyl sites for hydroxylation is 2. The monoisotopic (exact) mass is 519 g/mol. The molecule has 35 heavy (non-hydrogen) atoms. The fourth-order valence-corrected chi connectivity index (χ4v) is 5.54. The Hall–Kier alpha value is -2.67. The molecule has 0 saturated carbocycles. The summed E-state index contributed by atoms with van der Waals surface area (Å²) in [7, 11) is 1.39. The maximum Gasteiger partial charge on any atom is 0.390 e. The van der Waals surface area contributed by atoms with Gasteiger partial charge in [-0.3, -0.25) is 23.5 Å². The number of fused-ring (bicyclic) bond motifs is 1. The van der Waals surface area contributed by atoms with Crippen molar-refractivity contribution in [2.45, 2.75) is 64.9 Å². The molecule has 0 bridgehead atoms. The van der Waals surface area contributed by atoms with Crippen molar-refractivity contribution in [2.24, 2.45) is 5.92 Å². The van der Waals surface area contributed by atoms with E-state index in [2.05, 4.69) is 0 Å². The fourth-order valence-electron chi connectivity index (χ4n) is 4.26. The third-order valence-electron chi connectivity index (χ3n) is 6.31. The highest BCUT2D eigenvalue weighted by atomic mass is 32.1. The maximum atomic E-state index is 13.3. The Morgan fingerprint density at radius 2 is 1.83 bits per heavy atom. The van der Waals surface area contributed by atoms with Crippen LogP contribution in [0.15, 0.2) is 9.59 Å². The van der Waals surface area contributed by atoms with Crippen LogP contribution in [0.5, 0.6) is 0 Å². The van der Waals surface area contributed by atoms with Crippen molar-refractivity contribution in [3.8, 4) is 0 Å². The Morgan fingerprint density at radius 3 is 2.37 bits per heavy atom. The number of rotatable bonds is 8. The van der Waals surface area contributed by atoms with Crippen molar-refractivity contribution in [2.75, 3.05) is 20.2 Å². The summed E-state index contributed by atoms with van der Waals surface area (Å²) >= 11 is 0.842. The Kier molecular flexibility index (Phi) is 8.10. The van der Waals surface area contributed by atoms with E-state index in [1.165, 1.54) is 7.11 Å². The number of methoxy groups -OCH3 is 1. The molecule has 0 aliphatic carbocycles. The Morgan fingerprint density at radius 1 is 1.20 bits per heavy atom. The van der Waals surface area contributed by atoms with Gasteiger partial charge in [-0.25, -0.2) is 4.79 Å². The molecule has 2 aromatic rings. The molecule has 13 heteroatoms. The Bertz CT molecular complexity index is 1220. The Balaban J connectivity index is 2.05. The van der Waals surface area contributed by atoms with Gasteiger partial charge in [-0.1, -0.05) is 0 Å². The number of likely N-dealkylation sites (tertiary alicyclic amines) is 1. The molecule has 0 spiro atoms. The predicted octanol–water partition coefficient (Wildman–Crippen LogP) is 2.85. The van der Waals surface area contributed by atoms with Gasteiger partial charge in [-0.15, -0.1) is 11.3 Å². The second-order valence-electron chi connectivity index (χ2n) is 8.83. The predicted molar refractivity (Wildman–Crippen MR) is 123 cm³/mol. The minimum Gasteiger partial charge on any atom is -0.481 e. The average Bonchev–Trinajstić information content (AvgIpc) is 3.12. The first-order valence-corrected chi connectivity index (χ1v) is 12.0. The highest BCUT2D eigenvalue weighted by molar-refractivity contribution is 7.20. The molecule has 1 N–H and O–H groups in total. The van der Waals surface area contributed by atoms with Gasteiger partial charge in [-0.2, -0.15) is 13.2 Å². The number of carbonyl (C=O) groups is 2. The molecule has 1 fully saturated rings. The highest BCUT2D eigenvalue weighted by Crippen LogP contribution is 2.31.